The highest BCUT2D eigenvalue weighted by molar-refractivity contribution is 8.07. The Hall–Kier alpha value is -1.63. The summed E-state index contributed by atoms with van der Waals surface area (Å²) < 4.78 is 65.1. The molecular weight excluding hydrogens is 862 g/mol. The van der Waals surface area contributed by atoms with Crippen molar-refractivity contribution in [1.29, 1.82) is 0 Å². The first kappa shape index (κ1) is 42.1. The molecule has 0 aliphatic carbocycles. The Morgan fingerprint density at radius 3 is 2.42 bits per heavy atom. The average Bonchev–Trinajstić information content (AvgIpc) is 3.85. The maximum atomic E-state index is 16.8. The van der Waals surface area contributed by atoms with Crippen molar-refractivity contribution in [2.45, 2.75) is 112 Å². The van der Waals surface area contributed by atoms with Gasteiger partial charge in [0.2, 0.25) is 0 Å². The van der Waals surface area contributed by atoms with Crippen molar-refractivity contribution in [2.24, 2.45) is 5.73 Å². The van der Waals surface area contributed by atoms with Gasteiger partial charge in [-0.1, -0.05) is 20.8 Å². The highest BCUT2D eigenvalue weighted by Crippen LogP contribution is 2.55. The Kier molecular flexibility index (Phi) is 11.6. The Labute approximate surface area is 342 Å². The minimum absolute atomic E-state index is 0.0455. The molecule has 4 aromatic rings. The van der Waals surface area contributed by atoms with Crippen LogP contribution in [0.4, 0.5) is 4.39 Å². The zero-order valence-electron chi connectivity index (χ0n) is 31.7. The van der Waals surface area contributed by atoms with Crippen molar-refractivity contribution in [2.75, 3.05) is 25.5 Å². The largest absolute Gasteiger partial charge is 0.408 e. The van der Waals surface area contributed by atoms with Crippen LogP contribution in [0.25, 0.3) is 22.2 Å². The first-order valence-electron chi connectivity index (χ1n) is 18.4. The lowest BCUT2D eigenvalue weighted by molar-refractivity contribution is -0.0601. The van der Waals surface area contributed by atoms with Gasteiger partial charge in [0.05, 0.1) is 24.9 Å². The standard InChI is InChI=1S/C32H45FN8O10P2S3Si/c1-32(2,3)57(4,5)51-24-19-13-46-52(43,54)49-23-18(47-30(21(23)33)40-11-17-7-6-10-56-28-20(17)26(40)35-14-36-28)12-45-53(44,55)50-25(24)31(48-19)41-16-37-22-27(41)38-15-39(9-8-34)29(22)42/h11,14-16,18-19,21,23-25,30-31H,6-10,12-13,34H2,1-5H3,(H,43,54)(H,44,55)/t18-,19-,21-,23-,24-,25-,30-,31-,52?,53?/m1/s1. The van der Waals surface area contributed by atoms with E-state index in [4.69, 9.17) is 61.3 Å². The molecule has 4 aliphatic rings. The highest BCUT2D eigenvalue weighted by Gasteiger charge is 2.56. The van der Waals surface area contributed by atoms with E-state index in [1.54, 1.807) is 22.5 Å². The molecule has 25 heteroatoms. The zero-order valence-corrected chi connectivity index (χ0v) is 37.0. The van der Waals surface area contributed by atoms with Gasteiger partial charge in [-0.3, -0.25) is 23.0 Å². The second kappa shape index (κ2) is 15.7. The first-order chi connectivity index (χ1) is 26.9. The van der Waals surface area contributed by atoms with Crippen LogP contribution in [-0.4, -0.2) is 114 Å². The molecule has 10 atom stereocenters. The Morgan fingerprint density at radius 2 is 1.70 bits per heavy atom. The third-order valence-corrected chi connectivity index (χ3v) is 19.7. The van der Waals surface area contributed by atoms with Crippen LogP contribution in [0.2, 0.25) is 18.1 Å². The van der Waals surface area contributed by atoms with E-state index in [1.165, 1.54) is 28.1 Å². The molecule has 0 amide bonds. The van der Waals surface area contributed by atoms with Gasteiger partial charge in [0.25, 0.3) is 5.56 Å². The molecule has 0 spiro atoms. The molecule has 0 radical (unpaired) electrons. The SMILES string of the molecule is CC(C)(C)[Si](C)(C)O[C@H]1[C@H]2OP(O)(=S)OC[C@H]3O[C@@H](n4cc5c6c(ncnc64)SCCC5)[C@H](F)[C@@H]3OP(O)(=S)OC[C@H]1O[C@H]2n1cnc2c(=O)n(CCN)cnc21. The van der Waals surface area contributed by atoms with E-state index in [-0.39, 0.29) is 29.3 Å². The van der Waals surface area contributed by atoms with Gasteiger partial charge in [0, 0.05) is 19.3 Å². The lowest BCUT2D eigenvalue weighted by Gasteiger charge is -2.40. The number of aryl methyl sites for hydroxylation is 1. The van der Waals surface area contributed by atoms with Gasteiger partial charge in [-0.25, -0.2) is 24.3 Å². The van der Waals surface area contributed by atoms with Gasteiger partial charge >= 0.3 is 13.4 Å². The number of imidazole rings is 1. The van der Waals surface area contributed by atoms with E-state index in [2.05, 4.69) is 19.9 Å². The van der Waals surface area contributed by atoms with Gasteiger partial charge < -0.3 is 43.0 Å². The summed E-state index contributed by atoms with van der Waals surface area (Å²) in [5, 5.41) is 1.32. The minimum Gasteiger partial charge on any atom is -0.408 e. The van der Waals surface area contributed by atoms with Gasteiger partial charge in [-0.05, 0) is 65.9 Å². The molecule has 0 aromatic carbocycles. The van der Waals surface area contributed by atoms with Gasteiger partial charge in [-0.2, -0.15) is 0 Å². The fourth-order valence-corrected chi connectivity index (χ4v) is 12.3. The molecule has 8 rings (SSSR count). The summed E-state index contributed by atoms with van der Waals surface area (Å²) in [7, 11) is -2.66. The molecule has 57 heavy (non-hydrogen) atoms. The number of alkyl halides is 1. The number of hydrogen-bond donors (Lipinski definition) is 3. The van der Waals surface area contributed by atoms with Crippen molar-refractivity contribution in [3.63, 3.8) is 0 Å². The summed E-state index contributed by atoms with van der Waals surface area (Å²) >= 11 is 12.7. The van der Waals surface area contributed by atoms with Crippen LogP contribution in [0.5, 0.6) is 0 Å². The van der Waals surface area contributed by atoms with Crippen molar-refractivity contribution >= 4 is 79.3 Å². The van der Waals surface area contributed by atoms with Gasteiger partial charge in [0.15, 0.2) is 38.1 Å². The van der Waals surface area contributed by atoms with Crippen molar-refractivity contribution in [3.8, 4) is 0 Å². The normalized spacial score (nSPS) is 34.1. The molecule has 3 fully saturated rings. The number of thioether (sulfide) groups is 1. The number of aromatic nitrogens is 7. The smallest absolute Gasteiger partial charge is 0.325 e. The molecule has 4 aromatic heterocycles. The summed E-state index contributed by atoms with van der Waals surface area (Å²) in [4.78, 5) is 54.3. The Bertz CT molecular complexity index is 2330. The van der Waals surface area contributed by atoms with Gasteiger partial charge in [0.1, 0.15) is 53.8 Å². The molecule has 0 saturated carbocycles. The second-order valence-electron chi connectivity index (χ2n) is 15.8. The molecule has 312 valence electrons. The van der Waals surface area contributed by atoms with Crippen LogP contribution in [0.3, 0.4) is 0 Å². The van der Waals surface area contributed by atoms with Crippen LogP contribution in [-0.2, 0) is 68.6 Å². The van der Waals surface area contributed by atoms with Crippen LogP contribution >= 0.6 is 25.2 Å². The fourth-order valence-electron chi connectivity index (χ4n) is 7.21. The summed E-state index contributed by atoms with van der Waals surface area (Å²) in [6.07, 6.45) is -2.73. The van der Waals surface area contributed by atoms with Crippen LogP contribution in [0.15, 0.2) is 35.0 Å². The summed E-state index contributed by atoms with van der Waals surface area (Å²) in [5.74, 6) is 0.890. The number of halogens is 1. The number of ether oxygens (including phenoxy) is 2. The molecule has 8 heterocycles. The van der Waals surface area contributed by atoms with Crippen molar-refractivity contribution in [1.82, 2.24) is 33.6 Å². The van der Waals surface area contributed by atoms with E-state index in [0.717, 1.165) is 34.6 Å². The first-order valence-corrected chi connectivity index (χ1v) is 27.5. The predicted molar refractivity (Wildman–Crippen MR) is 217 cm³/mol. The lowest BCUT2D eigenvalue weighted by Crippen LogP contribution is -2.50. The zero-order chi connectivity index (χ0) is 40.7. The number of fused-ring (bicyclic) bond motifs is 4. The van der Waals surface area contributed by atoms with E-state index in [9.17, 15) is 14.6 Å². The summed E-state index contributed by atoms with van der Waals surface area (Å²) in [5.41, 5.74) is 6.92. The molecule has 4 aliphatic heterocycles. The van der Waals surface area contributed by atoms with Crippen molar-refractivity contribution in [3.05, 3.63) is 41.1 Å². The maximum absolute atomic E-state index is 16.8. The quantitative estimate of drug-likeness (QED) is 0.143. The van der Waals surface area contributed by atoms with Gasteiger partial charge in [-0.15, -0.1) is 11.8 Å². The third-order valence-electron chi connectivity index (χ3n) is 11.1. The summed E-state index contributed by atoms with van der Waals surface area (Å²) in [6, 6.07) is 0. The number of rotatable bonds is 6. The monoisotopic (exact) mass is 906 g/mol. The number of hydrogen-bond acceptors (Lipinski definition) is 16. The Morgan fingerprint density at radius 1 is 1.00 bits per heavy atom. The summed E-state index contributed by atoms with van der Waals surface area (Å²) in [6.45, 7) is 1.21. The Balaban J connectivity index is 1.15. The van der Waals surface area contributed by atoms with E-state index >= 15 is 4.39 Å². The second-order valence-corrected chi connectivity index (χ2v) is 27.3. The molecule has 4 N–H and O–H groups in total. The average molecular weight is 907 g/mol. The van der Waals surface area contributed by atoms with Crippen molar-refractivity contribution < 1.29 is 46.2 Å². The topological polar surface area (TPSA) is 215 Å². The van der Waals surface area contributed by atoms with E-state index < -0.39 is 89.7 Å². The van der Waals surface area contributed by atoms with E-state index in [0.29, 0.717) is 5.65 Å². The molecule has 2 bridgehead atoms. The van der Waals surface area contributed by atoms with E-state index in [1.807, 2.05) is 33.9 Å². The highest BCUT2D eigenvalue weighted by atomic mass is 32.5. The number of nitrogens with two attached hydrogens (primary N) is 1. The molecule has 18 nitrogen and oxygen atoms in total. The van der Waals surface area contributed by atoms with Crippen LogP contribution in [0.1, 0.15) is 45.2 Å². The fraction of sp³-hybridized carbons (Fsp3) is 0.656. The van der Waals surface area contributed by atoms with Crippen LogP contribution < -0.4 is 11.3 Å². The molecule has 3 saturated heterocycles. The van der Waals surface area contributed by atoms with Crippen LogP contribution in [0, 0.1) is 0 Å². The third kappa shape index (κ3) is 8.02. The number of nitrogens with zero attached hydrogens (tertiary/aromatic N) is 7. The lowest BCUT2D eigenvalue weighted by atomic mass is 10.1. The molecular formula is C32H45FN8O10P2S3Si. The minimum atomic E-state index is -4.26. The molecule has 2 unspecified atom stereocenters. The maximum Gasteiger partial charge on any atom is 0.325 e. The predicted octanol–water partition coefficient (Wildman–Crippen LogP) is 3.81.